The molecule has 1 heterocycles. The van der Waals surface area contributed by atoms with Crippen LogP contribution in [0.15, 0.2) is 59.5 Å². The van der Waals surface area contributed by atoms with Gasteiger partial charge in [0.1, 0.15) is 24.9 Å². The Morgan fingerprint density at radius 3 is 2.43 bits per heavy atom. The molecule has 0 saturated carbocycles. The van der Waals surface area contributed by atoms with Gasteiger partial charge in [-0.25, -0.2) is 13.2 Å². The lowest BCUT2D eigenvalue weighted by molar-refractivity contribution is -0.139. The van der Waals surface area contributed by atoms with Gasteiger partial charge < -0.3 is 15.2 Å². The predicted molar refractivity (Wildman–Crippen MR) is 121 cm³/mol. The Morgan fingerprint density at radius 2 is 1.77 bits per heavy atom. The van der Waals surface area contributed by atoms with Crippen molar-refractivity contribution in [2.75, 3.05) is 0 Å². The van der Waals surface area contributed by atoms with Crippen LogP contribution in [0.25, 0.3) is 0 Å². The fourth-order valence-corrected chi connectivity index (χ4v) is 4.17. The Kier molecular flexibility index (Phi) is 8.49. The highest BCUT2D eigenvalue weighted by Crippen LogP contribution is 2.17. The van der Waals surface area contributed by atoms with Gasteiger partial charge in [0.15, 0.2) is 21.4 Å². The molecule has 1 unspecified atom stereocenters. The SMILES string of the molecule is O=C(O)CC(NC(=O)OCc1ccccc1)C(=O)Cn1nnc(CS(=O)(=O)c2ccc(Cl)cc2)n1. The summed E-state index contributed by atoms with van der Waals surface area (Å²) in [5, 5.41) is 22.9. The zero-order valence-electron chi connectivity index (χ0n) is 18.1. The number of ether oxygens (including phenoxy) is 1. The first-order valence-electron chi connectivity index (χ1n) is 10.1. The second-order valence-electron chi connectivity index (χ2n) is 7.27. The van der Waals surface area contributed by atoms with E-state index in [2.05, 4.69) is 20.7 Å². The van der Waals surface area contributed by atoms with Crippen LogP contribution in [-0.4, -0.2) is 57.6 Å². The largest absolute Gasteiger partial charge is 0.481 e. The van der Waals surface area contributed by atoms with Crippen molar-refractivity contribution in [2.45, 2.75) is 36.3 Å². The first kappa shape index (κ1) is 25.8. The van der Waals surface area contributed by atoms with Crippen LogP contribution in [0.2, 0.25) is 5.02 Å². The highest BCUT2D eigenvalue weighted by atomic mass is 35.5. The maximum atomic E-state index is 12.6. The van der Waals surface area contributed by atoms with Crippen LogP contribution in [0.1, 0.15) is 17.8 Å². The number of Topliss-reactive ketones (excluding diaryl/α,β-unsaturated/α-hetero) is 1. The molecule has 1 amide bonds. The van der Waals surface area contributed by atoms with Gasteiger partial charge in [-0.1, -0.05) is 41.9 Å². The molecule has 1 aromatic heterocycles. The van der Waals surface area contributed by atoms with Crippen LogP contribution in [-0.2, 0) is 43.1 Å². The number of carboxylic acid groups (broad SMARTS) is 1. The summed E-state index contributed by atoms with van der Waals surface area (Å²) in [5.41, 5.74) is 0.705. The molecule has 1 atom stereocenters. The smallest absolute Gasteiger partial charge is 0.408 e. The van der Waals surface area contributed by atoms with E-state index >= 15 is 0 Å². The number of aromatic nitrogens is 4. The second-order valence-corrected chi connectivity index (χ2v) is 9.70. The number of hydrogen-bond acceptors (Lipinski definition) is 9. The maximum absolute atomic E-state index is 12.6. The van der Waals surface area contributed by atoms with Gasteiger partial charge in [0, 0.05) is 5.02 Å². The molecule has 2 N–H and O–H groups in total. The van der Waals surface area contributed by atoms with E-state index in [1.165, 1.54) is 24.3 Å². The normalized spacial score (nSPS) is 12.0. The average molecular weight is 522 g/mol. The number of carbonyl (C=O) groups is 3. The second kappa shape index (κ2) is 11.5. The number of rotatable bonds is 11. The van der Waals surface area contributed by atoms with Crippen molar-refractivity contribution in [1.82, 2.24) is 25.5 Å². The molecule has 0 aliphatic heterocycles. The third kappa shape index (κ3) is 7.86. The Hall–Kier alpha value is -3.84. The molecule has 2 aromatic carbocycles. The van der Waals surface area contributed by atoms with Crippen LogP contribution >= 0.6 is 11.6 Å². The van der Waals surface area contributed by atoms with Gasteiger partial charge in [-0.05, 0) is 35.0 Å². The quantitative estimate of drug-likeness (QED) is 0.378. The van der Waals surface area contributed by atoms with E-state index in [9.17, 15) is 22.8 Å². The van der Waals surface area contributed by atoms with Crippen LogP contribution in [0, 0.1) is 0 Å². The van der Waals surface area contributed by atoms with E-state index in [4.69, 9.17) is 21.4 Å². The molecule has 3 aromatic rings. The lowest BCUT2D eigenvalue weighted by Crippen LogP contribution is -2.44. The van der Waals surface area contributed by atoms with E-state index in [1.807, 2.05) is 0 Å². The number of benzene rings is 2. The van der Waals surface area contributed by atoms with Crippen molar-refractivity contribution >= 4 is 39.3 Å². The average Bonchev–Trinajstić information content (AvgIpc) is 3.23. The van der Waals surface area contributed by atoms with Gasteiger partial charge in [0.05, 0.1) is 11.3 Å². The predicted octanol–water partition coefficient (Wildman–Crippen LogP) is 1.64. The topological polar surface area (TPSA) is 170 Å². The highest BCUT2D eigenvalue weighted by Gasteiger charge is 2.26. The van der Waals surface area contributed by atoms with Crippen molar-refractivity contribution in [3.05, 3.63) is 71.0 Å². The van der Waals surface area contributed by atoms with Crippen LogP contribution in [0.4, 0.5) is 4.79 Å². The van der Waals surface area contributed by atoms with Crippen LogP contribution in [0.3, 0.4) is 0 Å². The molecule has 14 heteroatoms. The van der Waals surface area contributed by atoms with Gasteiger partial charge in [0.25, 0.3) is 0 Å². The number of hydrogen-bond donors (Lipinski definition) is 2. The lowest BCUT2D eigenvalue weighted by Gasteiger charge is -2.15. The summed E-state index contributed by atoms with van der Waals surface area (Å²) in [6.07, 6.45) is -1.68. The van der Waals surface area contributed by atoms with Crippen molar-refractivity contribution in [1.29, 1.82) is 0 Å². The number of tetrazole rings is 1. The van der Waals surface area contributed by atoms with Gasteiger partial charge in [-0.3, -0.25) is 9.59 Å². The van der Waals surface area contributed by atoms with E-state index < -0.39 is 52.4 Å². The number of amides is 1. The van der Waals surface area contributed by atoms with E-state index in [0.717, 1.165) is 4.80 Å². The summed E-state index contributed by atoms with van der Waals surface area (Å²) in [7, 11) is -3.80. The van der Waals surface area contributed by atoms with E-state index in [-0.39, 0.29) is 17.3 Å². The van der Waals surface area contributed by atoms with Crippen LogP contribution < -0.4 is 5.32 Å². The molecular formula is C21H20ClN5O7S. The van der Waals surface area contributed by atoms with Gasteiger partial charge in [-0.2, -0.15) is 4.80 Å². The standard InChI is InChI=1S/C21H20ClN5O7S/c22-15-6-8-16(9-7-15)35(32,33)13-19-24-26-27(25-19)11-18(28)17(10-20(29)30)23-21(31)34-12-14-4-2-1-3-5-14/h1-9,17H,10-13H2,(H,23,31)(H,29,30). The molecular weight excluding hydrogens is 502 g/mol. The van der Waals surface area contributed by atoms with E-state index in [1.54, 1.807) is 30.3 Å². The number of sulfone groups is 1. The maximum Gasteiger partial charge on any atom is 0.408 e. The third-order valence-electron chi connectivity index (χ3n) is 4.56. The number of nitrogens with one attached hydrogen (secondary N) is 1. The molecule has 3 rings (SSSR count). The third-order valence-corrected chi connectivity index (χ3v) is 6.44. The molecule has 0 saturated heterocycles. The molecule has 0 aliphatic rings. The monoisotopic (exact) mass is 521 g/mol. The Morgan fingerprint density at radius 1 is 1.09 bits per heavy atom. The minimum absolute atomic E-state index is 0.00839. The molecule has 184 valence electrons. The number of aliphatic carboxylic acids is 1. The van der Waals surface area contributed by atoms with Gasteiger partial charge in [-0.15, -0.1) is 10.2 Å². The summed E-state index contributed by atoms with van der Waals surface area (Å²) >= 11 is 5.77. The number of ketones is 1. The molecule has 35 heavy (non-hydrogen) atoms. The zero-order chi connectivity index (χ0) is 25.4. The van der Waals surface area contributed by atoms with E-state index in [0.29, 0.717) is 10.6 Å². The Labute approximate surface area is 204 Å². The Bertz CT molecular complexity index is 1300. The minimum atomic E-state index is -3.80. The van der Waals surface area contributed by atoms with Crippen molar-refractivity contribution < 1.29 is 32.6 Å². The number of carbonyl (C=O) groups excluding carboxylic acids is 2. The summed E-state index contributed by atoms with van der Waals surface area (Å²) < 4.78 is 30.0. The molecule has 0 aliphatic carbocycles. The number of halogens is 1. The first-order valence-corrected chi connectivity index (χ1v) is 12.1. The number of nitrogens with zero attached hydrogens (tertiary/aromatic N) is 4. The molecule has 12 nitrogen and oxygen atoms in total. The van der Waals surface area contributed by atoms with Crippen molar-refractivity contribution in [3.8, 4) is 0 Å². The Balaban J connectivity index is 1.61. The minimum Gasteiger partial charge on any atom is -0.481 e. The van der Waals surface area contributed by atoms with Crippen molar-refractivity contribution in [3.63, 3.8) is 0 Å². The van der Waals surface area contributed by atoms with Gasteiger partial charge >= 0.3 is 12.1 Å². The summed E-state index contributed by atoms with van der Waals surface area (Å²) in [6, 6.07) is 12.9. The fourth-order valence-electron chi connectivity index (χ4n) is 2.87. The zero-order valence-corrected chi connectivity index (χ0v) is 19.6. The van der Waals surface area contributed by atoms with Gasteiger partial charge in [0.2, 0.25) is 0 Å². The lowest BCUT2D eigenvalue weighted by atomic mass is 10.1. The molecule has 0 bridgehead atoms. The van der Waals surface area contributed by atoms with Crippen molar-refractivity contribution in [2.24, 2.45) is 0 Å². The fraction of sp³-hybridized carbons (Fsp3) is 0.238. The molecule has 0 radical (unpaired) electrons. The summed E-state index contributed by atoms with van der Waals surface area (Å²) in [4.78, 5) is 36.7. The molecule has 0 spiro atoms. The molecule has 0 fully saturated rings. The summed E-state index contributed by atoms with van der Waals surface area (Å²) in [5.74, 6) is -2.81. The first-order chi connectivity index (χ1) is 16.6. The number of carboxylic acids is 1. The number of alkyl carbamates (subject to hydrolysis) is 1. The summed E-state index contributed by atoms with van der Waals surface area (Å²) in [6.45, 7) is -0.623. The van der Waals surface area contributed by atoms with Crippen LogP contribution in [0.5, 0.6) is 0 Å². The highest BCUT2D eigenvalue weighted by molar-refractivity contribution is 7.90.